The third-order valence-electron chi connectivity index (χ3n) is 2.28. The summed E-state index contributed by atoms with van der Waals surface area (Å²) in [6.45, 7) is 5.02. The van der Waals surface area contributed by atoms with Crippen LogP contribution in [0.5, 0.6) is 11.5 Å². The van der Waals surface area contributed by atoms with Gasteiger partial charge >= 0.3 is 0 Å². The number of Topliss-reactive ketones (excluding diaryl/α,β-unsaturated/α-hetero) is 1. The summed E-state index contributed by atoms with van der Waals surface area (Å²) in [5.41, 5.74) is -0.783. The van der Waals surface area contributed by atoms with E-state index in [1.54, 1.807) is 45.2 Å². The van der Waals surface area contributed by atoms with Crippen LogP contribution >= 0.6 is 0 Å². The van der Waals surface area contributed by atoms with Crippen LogP contribution in [-0.4, -0.2) is 18.5 Å². The van der Waals surface area contributed by atoms with Crippen molar-refractivity contribution in [1.82, 2.24) is 0 Å². The summed E-state index contributed by atoms with van der Waals surface area (Å²) in [5, 5.41) is 0. The maximum atomic E-state index is 11.2. The Labute approximate surface area is 90.0 Å². The molecule has 1 aromatic rings. The monoisotopic (exact) mass is 208 g/mol. The summed E-state index contributed by atoms with van der Waals surface area (Å²) in [6.07, 6.45) is 0. The predicted octanol–water partition coefficient (Wildman–Crippen LogP) is 2.44. The lowest BCUT2D eigenvalue weighted by Crippen LogP contribution is -2.36. The molecule has 0 spiro atoms. The minimum Gasteiger partial charge on any atom is -0.497 e. The molecule has 1 rings (SSSR count). The molecule has 0 amide bonds. The molecule has 0 aliphatic carbocycles. The molecule has 0 atom stereocenters. The second kappa shape index (κ2) is 4.34. The van der Waals surface area contributed by atoms with Gasteiger partial charge in [-0.15, -0.1) is 0 Å². The van der Waals surface area contributed by atoms with Crippen LogP contribution < -0.4 is 9.47 Å². The molecule has 15 heavy (non-hydrogen) atoms. The van der Waals surface area contributed by atoms with E-state index < -0.39 is 5.60 Å². The molecule has 0 unspecified atom stereocenters. The van der Waals surface area contributed by atoms with Crippen LogP contribution in [0.15, 0.2) is 24.3 Å². The quantitative estimate of drug-likeness (QED) is 0.762. The van der Waals surface area contributed by atoms with E-state index in [4.69, 9.17) is 9.47 Å². The molecule has 0 saturated carbocycles. The highest BCUT2D eigenvalue weighted by Crippen LogP contribution is 2.22. The van der Waals surface area contributed by atoms with Crippen LogP contribution in [0.1, 0.15) is 20.8 Å². The molecule has 0 aliphatic rings. The number of ether oxygens (including phenoxy) is 2. The molecule has 0 aliphatic heterocycles. The van der Waals surface area contributed by atoms with Crippen LogP contribution in [0.2, 0.25) is 0 Å². The highest BCUT2D eigenvalue weighted by atomic mass is 16.5. The van der Waals surface area contributed by atoms with E-state index >= 15 is 0 Å². The van der Waals surface area contributed by atoms with E-state index in [0.717, 1.165) is 5.75 Å². The zero-order valence-electron chi connectivity index (χ0n) is 9.53. The molecular weight excluding hydrogens is 192 g/mol. The van der Waals surface area contributed by atoms with Crippen LogP contribution in [0, 0.1) is 0 Å². The molecule has 0 radical (unpaired) electrons. The van der Waals surface area contributed by atoms with Crippen molar-refractivity contribution in [3.05, 3.63) is 24.3 Å². The van der Waals surface area contributed by atoms with Gasteiger partial charge in [0.25, 0.3) is 0 Å². The second-order valence-electron chi connectivity index (χ2n) is 3.84. The van der Waals surface area contributed by atoms with Crippen molar-refractivity contribution in [2.24, 2.45) is 0 Å². The summed E-state index contributed by atoms with van der Waals surface area (Å²) in [4.78, 5) is 11.2. The summed E-state index contributed by atoms with van der Waals surface area (Å²) in [6, 6.07) is 7.16. The number of methoxy groups -OCH3 is 1. The van der Waals surface area contributed by atoms with Gasteiger partial charge in [-0.1, -0.05) is 0 Å². The van der Waals surface area contributed by atoms with Crippen LogP contribution in [-0.2, 0) is 4.79 Å². The maximum Gasteiger partial charge on any atom is 0.172 e. The maximum absolute atomic E-state index is 11.2. The predicted molar refractivity (Wildman–Crippen MR) is 58.4 cm³/mol. The first kappa shape index (κ1) is 11.6. The zero-order chi connectivity index (χ0) is 11.5. The zero-order valence-corrected chi connectivity index (χ0v) is 9.53. The number of hydrogen-bond donors (Lipinski definition) is 0. The van der Waals surface area contributed by atoms with Crippen LogP contribution in [0.25, 0.3) is 0 Å². The van der Waals surface area contributed by atoms with Crippen LogP contribution in [0.3, 0.4) is 0 Å². The van der Waals surface area contributed by atoms with Crippen molar-refractivity contribution in [1.29, 1.82) is 0 Å². The van der Waals surface area contributed by atoms with E-state index in [9.17, 15) is 4.79 Å². The first-order valence-corrected chi connectivity index (χ1v) is 4.80. The Balaban J connectivity index is 2.77. The van der Waals surface area contributed by atoms with E-state index in [2.05, 4.69) is 0 Å². The fourth-order valence-electron chi connectivity index (χ4n) is 1.01. The second-order valence-corrected chi connectivity index (χ2v) is 3.84. The van der Waals surface area contributed by atoms with Gasteiger partial charge in [0.1, 0.15) is 11.5 Å². The summed E-state index contributed by atoms with van der Waals surface area (Å²) in [7, 11) is 1.61. The molecule has 3 nitrogen and oxygen atoms in total. The lowest BCUT2D eigenvalue weighted by Gasteiger charge is -2.23. The average molecular weight is 208 g/mol. The Morgan fingerprint density at radius 2 is 1.60 bits per heavy atom. The van der Waals surface area contributed by atoms with Crippen molar-refractivity contribution >= 4 is 5.78 Å². The molecule has 0 fully saturated rings. The minimum atomic E-state index is -0.783. The molecule has 0 bridgehead atoms. The largest absolute Gasteiger partial charge is 0.497 e. The van der Waals surface area contributed by atoms with Gasteiger partial charge < -0.3 is 9.47 Å². The van der Waals surface area contributed by atoms with Gasteiger partial charge in [-0.25, -0.2) is 0 Å². The Morgan fingerprint density at radius 1 is 1.13 bits per heavy atom. The SMILES string of the molecule is COc1ccc(OC(C)(C)C(C)=O)cc1. The van der Waals surface area contributed by atoms with Crippen molar-refractivity contribution < 1.29 is 14.3 Å². The highest BCUT2D eigenvalue weighted by molar-refractivity contribution is 5.84. The Morgan fingerprint density at radius 3 is 2.00 bits per heavy atom. The average Bonchev–Trinajstić information content (AvgIpc) is 2.18. The van der Waals surface area contributed by atoms with Crippen LogP contribution in [0.4, 0.5) is 0 Å². The molecule has 1 aromatic carbocycles. The third-order valence-corrected chi connectivity index (χ3v) is 2.28. The van der Waals surface area contributed by atoms with Crippen molar-refractivity contribution in [2.45, 2.75) is 26.4 Å². The number of rotatable bonds is 4. The van der Waals surface area contributed by atoms with Crippen molar-refractivity contribution in [3.63, 3.8) is 0 Å². The van der Waals surface area contributed by atoms with E-state index in [1.165, 1.54) is 6.92 Å². The van der Waals surface area contributed by atoms with E-state index in [1.807, 2.05) is 0 Å². The lowest BCUT2D eigenvalue weighted by molar-refractivity contribution is -0.129. The van der Waals surface area contributed by atoms with Crippen molar-refractivity contribution in [2.75, 3.05) is 7.11 Å². The number of ketones is 1. The molecule has 3 heteroatoms. The fourth-order valence-corrected chi connectivity index (χ4v) is 1.01. The smallest absolute Gasteiger partial charge is 0.172 e. The Bertz CT molecular complexity index is 338. The Kier molecular flexibility index (Phi) is 3.35. The van der Waals surface area contributed by atoms with Gasteiger partial charge in [-0.2, -0.15) is 0 Å². The van der Waals surface area contributed by atoms with Gasteiger partial charge in [0, 0.05) is 0 Å². The first-order chi connectivity index (χ1) is 6.95. The molecule has 0 aromatic heterocycles. The molecule has 0 saturated heterocycles. The Hall–Kier alpha value is -1.51. The number of carbonyl (C=O) groups is 1. The van der Waals surface area contributed by atoms with Gasteiger partial charge in [0.15, 0.2) is 11.4 Å². The molecule has 0 heterocycles. The van der Waals surface area contributed by atoms with E-state index in [0.29, 0.717) is 5.75 Å². The van der Waals surface area contributed by atoms with E-state index in [-0.39, 0.29) is 5.78 Å². The standard InChI is InChI=1S/C12H16O3/c1-9(13)12(2,3)15-11-7-5-10(14-4)6-8-11/h5-8H,1-4H3. The summed E-state index contributed by atoms with van der Waals surface area (Å²) < 4.78 is 10.6. The summed E-state index contributed by atoms with van der Waals surface area (Å²) in [5.74, 6) is 1.43. The third kappa shape index (κ3) is 2.98. The van der Waals surface area contributed by atoms with Gasteiger partial charge in [-0.05, 0) is 45.0 Å². The first-order valence-electron chi connectivity index (χ1n) is 4.80. The van der Waals surface area contributed by atoms with Gasteiger partial charge in [-0.3, -0.25) is 4.79 Å². The lowest BCUT2D eigenvalue weighted by atomic mass is 10.1. The van der Waals surface area contributed by atoms with Gasteiger partial charge in [0.05, 0.1) is 7.11 Å². The number of carbonyl (C=O) groups excluding carboxylic acids is 1. The number of hydrogen-bond acceptors (Lipinski definition) is 3. The molecule has 0 N–H and O–H groups in total. The van der Waals surface area contributed by atoms with Gasteiger partial charge in [0.2, 0.25) is 0 Å². The number of benzene rings is 1. The summed E-state index contributed by atoms with van der Waals surface area (Å²) >= 11 is 0. The molecular formula is C12H16O3. The fraction of sp³-hybridized carbons (Fsp3) is 0.417. The molecule has 82 valence electrons. The normalized spacial score (nSPS) is 10.9. The minimum absolute atomic E-state index is 0.00156. The topological polar surface area (TPSA) is 35.5 Å². The highest BCUT2D eigenvalue weighted by Gasteiger charge is 2.25. The van der Waals surface area contributed by atoms with Crippen molar-refractivity contribution in [3.8, 4) is 11.5 Å².